The third-order valence-electron chi connectivity index (χ3n) is 3.64. The van der Waals surface area contributed by atoms with Gasteiger partial charge in [0.25, 0.3) is 0 Å². The molecule has 1 aromatic carbocycles. The summed E-state index contributed by atoms with van der Waals surface area (Å²) in [7, 11) is 0. The van der Waals surface area contributed by atoms with E-state index in [-0.39, 0.29) is 5.91 Å². The minimum atomic E-state index is -0.693. The van der Waals surface area contributed by atoms with Gasteiger partial charge in [0.15, 0.2) is 0 Å². The molecule has 0 bridgehead atoms. The molecule has 1 fully saturated rings. The average Bonchev–Trinajstić information content (AvgIpc) is 2.36. The lowest BCUT2D eigenvalue weighted by Crippen LogP contribution is -2.52. The van der Waals surface area contributed by atoms with E-state index in [9.17, 15) is 4.79 Å². The molecule has 0 radical (unpaired) electrons. The van der Waals surface area contributed by atoms with E-state index in [2.05, 4.69) is 21.2 Å². The number of hydrogen-bond donors (Lipinski definition) is 2. The van der Waals surface area contributed by atoms with Gasteiger partial charge in [-0.3, -0.25) is 4.79 Å². The Labute approximate surface area is 116 Å². The van der Waals surface area contributed by atoms with Crippen molar-refractivity contribution in [3.63, 3.8) is 0 Å². The standard InChI is InChI=1S/C14H19BrN2O/c1-10-6-5-7-11(12(10)15)17-13(18)14(16)8-3-2-4-9-14/h5-7H,2-4,8-9,16H2,1H3,(H,17,18). The lowest BCUT2D eigenvalue weighted by atomic mass is 9.82. The molecule has 1 amide bonds. The van der Waals surface area contributed by atoms with Crippen LogP contribution in [0.1, 0.15) is 37.7 Å². The number of halogens is 1. The topological polar surface area (TPSA) is 55.1 Å². The van der Waals surface area contributed by atoms with Crippen molar-refractivity contribution >= 4 is 27.5 Å². The summed E-state index contributed by atoms with van der Waals surface area (Å²) < 4.78 is 0.928. The van der Waals surface area contributed by atoms with E-state index in [1.807, 2.05) is 25.1 Å². The first-order chi connectivity index (χ1) is 8.53. The molecule has 18 heavy (non-hydrogen) atoms. The van der Waals surface area contributed by atoms with Crippen molar-refractivity contribution in [2.45, 2.75) is 44.6 Å². The molecule has 2 rings (SSSR count). The van der Waals surface area contributed by atoms with Gasteiger partial charge in [-0.05, 0) is 47.3 Å². The van der Waals surface area contributed by atoms with Crippen molar-refractivity contribution in [1.29, 1.82) is 0 Å². The van der Waals surface area contributed by atoms with Gasteiger partial charge in [-0.1, -0.05) is 31.4 Å². The number of rotatable bonds is 2. The second kappa shape index (κ2) is 5.41. The van der Waals surface area contributed by atoms with Gasteiger partial charge in [0, 0.05) is 4.47 Å². The molecule has 0 spiro atoms. The summed E-state index contributed by atoms with van der Waals surface area (Å²) in [6.07, 6.45) is 4.82. The van der Waals surface area contributed by atoms with Crippen LogP contribution in [0, 0.1) is 6.92 Å². The van der Waals surface area contributed by atoms with Crippen LogP contribution in [0.4, 0.5) is 5.69 Å². The van der Waals surface area contributed by atoms with E-state index >= 15 is 0 Å². The Balaban J connectivity index is 2.13. The van der Waals surface area contributed by atoms with Crippen LogP contribution in [-0.4, -0.2) is 11.4 Å². The predicted octanol–water partition coefficient (Wildman–Crippen LogP) is 3.36. The fraction of sp³-hybridized carbons (Fsp3) is 0.500. The van der Waals surface area contributed by atoms with Gasteiger partial charge in [-0.15, -0.1) is 0 Å². The average molecular weight is 311 g/mol. The van der Waals surface area contributed by atoms with Crippen molar-refractivity contribution in [2.24, 2.45) is 5.73 Å². The summed E-state index contributed by atoms with van der Waals surface area (Å²) in [5.74, 6) is -0.0616. The molecule has 3 N–H and O–H groups in total. The Morgan fingerprint density at radius 2 is 2.00 bits per heavy atom. The fourth-order valence-corrected chi connectivity index (χ4v) is 2.76. The highest BCUT2D eigenvalue weighted by atomic mass is 79.9. The Bertz CT molecular complexity index is 453. The summed E-state index contributed by atoms with van der Waals surface area (Å²) in [5, 5.41) is 2.95. The predicted molar refractivity (Wildman–Crippen MR) is 77.5 cm³/mol. The summed E-state index contributed by atoms with van der Waals surface area (Å²) in [6.45, 7) is 2.00. The van der Waals surface area contributed by atoms with Gasteiger partial charge in [-0.25, -0.2) is 0 Å². The third kappa shape index (κ3) is 2.75. The van der Waals surface area contributed by atoms with Gasteiger partial charge in [0.1, 0.15) is 0 Å². The number of hydrogen-bond acceptors (Lipinski definition) is 2. The largest absolute Gasteiger partial charge is 0.323 e. The highest BCUT2D eigenvalue weighted by Crippen LogP contribution is 2.30. The summed E-state index contributed by atoms with van der Waals surface area (Å²) >= 11 is 3.49. The van der Waals surface area contributed by atoms with Gasteiger partial charge < -0.3 is 11.1 Å². The first-order valence-electron chi connectivity index (χ1n) is 6.38. The van der Waals surface area contributed by atoms with Crippen LogP contribution in [0.15, 0.2) is 22.7 Å². The number of carbonyl (C=O) groups is 1. The SMILES string of the molecule is Cc1cccc(NC(=O)C2(N)CCCCC2)c1Br. The second-order valence-corrected chi connectivity index (χ2v) is 5.90. The first kappa shape index (κ1) is 13.6. The normalized spacial score (nSPS) is 18.4. The van der Waals surface area contributed by atoms with Crippen LogP contribution in [-0.2, 0) is 4.79 Å². The lowest BCUT2D eigenvalue weighted by molar-refractivity contribution is -0.122. The molecule has 1 aromatic rings. The van der Waals surface area contributed by atoms with Crippen molar-refractivity contribution in [2.75, 3.05) is 5.32 Å². The molecule has 0 atom stereocenters. The molecular formula is C14H19BrN2O. The van der Waals surface area contributed by atoms with Crippen molar-refractivity contribution in [1.82, 2.24) is 0 Å². The molecule has 1 aliphatic rings. The second-order valence-electron chi connectivity index (χ2n) is 5.11. The number of anilines is 1. The monoisotopic (exact) mass is 310 g/mol. The summed E-state index contributed by atoms with van der Waals surface area (Å²) in [4.78, 5) is 12.3. The van der Waals surface area contributed by atoms with Crippen LogP contribution >= 0.6 is 15.9 Å². The molecule has 0 saturated heterocycles. The van der Waals surface area contributed by atoms with Gasteiger partial charge >= 0.3 is 0 Å². The maximum atomic E-state index is 12.3. The molecule has 0 unspecified atom stereocenters. The number of carbonyl (C=O) groups excluding carboxylic acids is 1. The van der Waals surface area contributed by atoms with Crippen LogP contribution in [0.2, 0.25) is 0 Å². The van der Waals surface area contributed by atoms with Crippen LogP contribution < -0.4 is 11.1 Å². The number of benzene rings is 1. The quantitative estimate of drug-likeness (QED) is 0.880. The van der Waals surface area contributed by atoms with E-state index < -0.39 is 5.54 Å². The van der Waals surface area contributed by atoms with Crippen LogP contribution in [0.5, 0.6) is 0 Å². The Morgan fingerprint density at radius 1 is 1.33 bits per heavy atom. The van der Waals surface area contributed by atoms with E-state index in [4.69, 9.17) is 5.73 Å². The van der Waals surface area contributed by atoms with Gasteiger partial charge in [-0.2, -0.15) is 0 Å². The Kier molecular flexibility index (Phi) is 4.07. The number of aryl methyl sites for hydroxylation is 1. The molecule has 98 valence electrons. The van der Waals surface area contributed by atoms with Gasteiger partial charge in [0.2, 0.25) is 5.91 Å². The zero-order valence-corrected chi connectivity index (χ0v) is 12.2. The number of nitrogens with two attached hydrogens (primary N) is 1. The zero-order valence-electron chi connectivity index (χ0n) is 10.6. The van der Waals surface area contributed by atoms with E-state index in [1.54, 1.807) is 0 Å². The Morgan fingerprint density at radius 3 is 2.67 bits per heavy atom. The third-order valence-corrected chi connectivity index (χ3v) is 4.69. The van der Waals surface area contributed by atoms with Crippen LogP contribution in [0.25, 0.3) is 0 Å². The number of nitrogens with one attached hydrogen (secondary N) is 1. The lowest BCUT2D eigenvalue weighted by Gasteiger charge is -2.32. The molecule has 3 nitrogen and oxygen atoms in total. The maximum absolute atomic E-state index is 12.3. The van der Waals surface area contributed by atoms with Crippen LogP contribution in [0.3, 0.4) is 0 Å². The fourth-order valence-electron chi connectivity index (χ4n) is 2.40. The molecule has 1 aliphatic carbocycles. The van der Waals surface area contributed by atoms with Crippen molar-refractivity contribution in [3.05, 3.63) is 28.2 Å². The highest BCUT2D eigenvalue weighted by molar-refractivity contribution is 9.10. The van der Waals surface area contributed by atoms with E-state index in [0.717, 1.165) is 41.4 Å². The Hall–Kier alpha value is -0.870. The summed E-state index contributed by atoms with van der Waals surface area (Å²) in [6, 6.07) is 5.82. The zero-order chi connectivity index (χ0) is 13.2. The smallest absolute Gasteiger partial charge is 0.244 e. The molecule has 0 heterocycles. The van der Waals surface area contributed by atoms with E-state index in [1.165, 1.54) is 6.42 Å². The van der Waals surface area contributed by atoms with E-state index in [0.29, 0.717) is 0 Å². The molecule has 4 heteroatoms. The minimum absolute atomic E-state index is 0.0616. The molecule has 1 saturated carbocycles. The molecule has 0 aliphatic heterocycles. The first-order valence-corrected chi connectivity index (χ1v) is 7.18. The van der Waals surface area contributed by atoms with Gasteiger partial charge in [0.05, 0.1) is 11.2 Å². The highest BCUT2D eigenvalue weighted by Gasteiger charge is 2.35. The summed E-state index contributed by atoms with van der Waals surface area (Å²) in [5.41, 5.74) is 7.42. The molecular weight excluding hydrogens is 292 g/mol. The number of amides is 1. The molecule has 0 aromatic heterocycles. The van der Waals surface area contributed by atoms with Crippen molar-refractivity contribution in [3.8, 4) is 0 Å². The maximum Gasteiger partial charge on any atom is 0.244 e. The van der Waals surface area contributed by atoms with Crippen molar-refractivity contribution < 1.29 is 4.79 Å². The minimum Gasteiger partial charge on any atom is -0.323 e.